The topological polar surface area (TPSA) is 38.5 Å². The molecule has 1 aromatic rings. The Morgan fingerprint density at radius 3 is 2.72 bits per heavy atom. The van der Waals surface area contributed by atoms with E-state index in [4.69, 9.17) is 34.3 Å². The summed E-state index contributed by atoms with van der Waals surface area (Å²) in [5.41, 5.74) is 6.31. The summed E-state index contributed by atoms with van der Waals surface area (Å²) in [6, 6.07) is 5.40. The van der Waals surface area contributed by atoms with Crippen molar-refractivity contribution in [2.45, 2.75) is 12.8 Å². The Morgan fingerprint density at radius 2 is 2.11 bits per heavy atom. The quantitative estimate of drug-likeness (QED) is 0.843. The standard InChI is InChI=1S/C13H17ClN2OS/c14-11-9-10(13(15)18)3-4-12(11)17-8-7-16-5-1-2-6-16/h3-4,9H,1-2,5-8H2,(H2,15,18). The number of nitrogens with zero attached hydrogens (tertiary/aromatic N) is 1. The van der Waals surface area contributed by atoms with Crippen molar-refractivity contribution in [3.8, 4) is 5.75 Å². The molecule has 0 saturated carbocycles. The fourth-order valence-corrected chi connectivity index (χ4v) is 2.42. The molecule has 0 aromatic heterocycles. The highest BCUT2D eigenvalue weighted by Gasteiger charge is 2.11. The monoisotopic (exact) mass is 284 g/mol. The average molecular weight is 285 g/mol. The van der Waals surface area contributed by atoms with Crippen molar-refractivity contribution in [2.75, 3.05) is 26.2 Å². The third-order valence-corrected chi connectivity index (χ3v) is 3.61. The second-order valence-electron chi connectivity index (χ2n) is 4.41. The molecular formula is C13H17ClN2OS. The molecule has 0 aliphatic carbocycles. The van der Waals surface area contributed by atoms with Crippen LogP contribution in [0.2, 0.25) is 5.02 Å². The van der Waals surface area contributed by atoms with Gasteiger partial charge in [0.05, 0.1) is 5.02 Å². The largest absolute Gasteiger partial charge is 0.491 e. The minimum Gasteiger partial charge on any atom is -0.491 e. The van der Waals surface area contributed by atoms with E-state index in [2.05, 4.69) is 4.90 Å². The SMILES string of the molecule is NC(=S)c1ccc(OCCN2CCCC2)c(Cl)c1. The summed E-state index contributed by atoms with van der Waals surface area (Å²) in [4.78, 5) is 2.75. The summed E-state index contributed by atoms with van der Waals surface area (Å²) >= 11 is 11.0. The molecule has 2 rings (SSSR count). The van der Waals surface area contributed by atoms with Crippen LogP contribution in [0.1, 0.15) is 18.4 Å². The molecule has 1 fully saturated rings. The number of nitrogens with two attached hydrogens (primary N) is 1. The van der Waals surface area contributed by atoms with Gasteiger partial charge in [-0.15, -0.1) is 0 Å². The van der Waals surface area contributed by atoms with Crippen molar-refractivity contribution in [1.82, 2.24) is 4.90 Å². The highest BCUT2D eigenvalue weighted by atomic mass is 35.5. The first-order chi connectivity index (χ1) is 8.66. The number of hydrogen-bond donors (Lipinski definition) is 1. The Morgan fingerprint density at radius 1 is 1.39 bits per heavy atom. The molecule has 0 amide bonds. The smallest absolute Gasteiger partial charge is 0.137 e. The first-order valence-electron chi connectivity index (χ1n) is 6.11. The van der Waals surface area contributed by atoms with Gasteiger partial charge in [0, 0.05) is 12.1 Å². The first kappa shape index (κ1) is 13.6. The lowest BCUT2D eigenvalue weighted by atomic mass is 10.2. The van der Waals surface area contributed by atoms with Crippen molar-refractivity contribution < 1.29 is 4.74 Å². The van der Waals surface area contributed by atoms with E-state index in [1.165, 1.54) is 25.9 Å². The number of ether oxygens (including phenoxy) is 1. The Kier molecular flexibility index (Phi) is 4.80. The van der Waals surface area contributed by atoms with E-state index in [9.17, 15) is 0 Å². The third-order valence-electron chi connectivity index (χ3n) is 3.08. The molecule has 18 heavy (non-hydrogen) atoms. The Balaban J connectivity index is 1.87. The lowest BCUT2D eigenvalue weighted by Gasteiger charge is -2.15. The highest BCUT2D eigenvalue weighted by Crippen LogP contribution is 2.25. The van der Waals surface area contributed by atoms with Crippen molar-refractivity contribution in [3.63, 3.8) is 0 Å². The van der Waals surface area contributed by atoms with Gasteiger partial charge in [-0.3, -0.25) is 4.90 Å². The predicted molar refractivity (Wildman–Crippen MR) is 78.5 cm³/mol. The molecule has 1 saturated heterocycles. The van der Waals surface area contributed by atoms with Crippen molar-refractivity contribution >= 4 is 28.8 Å². The van der Waals surface area contributed by atoms with E-state index in [0.29, 0.717) is 22.4 Å². The lowest BCUT2D eigenvalue weighted by Crippen LogP contribution is -2.25. The van der Waals surface area contributed by atoms with Gasteiger partial charge in [0.15, 0.2) is 0 Å². The third kappa shape index (κ3) is 3.57. The van der Waals surface area contributed by atoms with Crippen molar-refractivity contribution in [2.24, 2.45) is 5.73 Å². The maximum absolute atomic E-state index is 6.12. The zero-order chi connectivity index (χ0) is 13.0. The van der Waals surface area contributed by atoms with Gasteiger partial charge in [0.2, 0.25) is 0 Å². The van der Waals surface area contributed by atoms with Gasteiger partial charge in [0.1, 0.15) is 17.3 Å². The van der Waals surface area contributed by atoms with Gasteiger partial charge in [-0.1, -0.05) is 23.8 Å². The lowest BCUT2D eigenvalue weighted by molar-refractivity contribution is 0.238. The van der Waals surface area contributed by atoms with Crippen LogP contribution in [0, 0.1) is 0 Å². The summed E-state index contributed by atoms with van der Waals surface area (Å²) < 4.78 is 5.68. The zero-order valence-electron chi connectivity index (χ0n) is 10.2. The van der Waals surface area contributed by atoms with E-state index in [-0.39, 0.29) is 0 Å². The normalized spacial score (nSPS) is 15.8. The van der Waals surface area contributed by atoms with Crippen LogP contribution in [0.5, 0.6) is 5.75 Å². The molecule has 0 unspecified atom stereocenters. The molecule has 0 radical (unpaired) electrons. The maximum Gasteiger partial charge on any atom is 0.137 e. The highest BCUT2D eigenvalue weighted by molar-refractivity contribution is 7.80. The zero-order valence-corrected chi connectivity index (χ0v) is 11.8. The Bertz CT molecular complexity index is 433. The molecule has 1 aliphatic rings. The van der Waals surface area contributed by atoms with Gasteiger partial charge in [-0.2, -0.15) is 0 Å². The maximum atomic E-state index is 6.12. The molecular weight excluding hydrogens is 268 g/mol. The number of halogens is 1. The minimum atomic E-state index is 0.348. The van der Waals surface area contributed by atoms with Crippen LogP contribution in [0.3, 0.4) is 0 Å². The average Bonchev–Trinajstić information content (AvgIpc) is 2.84. The van der Waals surface area contributed by atoms with E-state index in [1.807, 2.05) is 12.1 Å². The summed E-state index contributed by atoms with van der Waals surface area (Å²) in [7, 11) is 0. The van der Waals surface area contributed by atoms with Crippen LogP contribution in [0.25, 0.3) is 0 Å². The number of benzene rings is 1. The summed E-state index contributed by atoms with van der Waals surface area (Å²) in [5.74, 6) is 0.691. The minimum absolute atomic E-state index is 0.348. The molecule has 5 heteroatoms. The number of rotatable bonds is 5. The van der Waals surface area contributed by atoms with Gasteiger partial charge in [0.25, 0.3) is 0 Å². The fraction of sp³-hybridized carbons (Fsp3) is 0.462. The summed E-state index contributed by atoms with van der Waals surface area (Å²) in [6.07, 6.45) is 2.59. The van der Waals surface area contributed by atoms with Crippen LogP contribution in [-0.4, -0.2) is 36.1 Å². The van der Waals surface area contributed by atoms with Crippen LogP contribution < -0.4 is 10.5 Å². The van der Waals surface area contributed by atoms with E-state index >= 15 is 0 Å². The van der Waals surface area contributed by atoms with E-state index in [0.717, 1.165) is 12.1 Å². The number of likely N-dealkylation sites (tertiary alicyclic amines) is 1. The molecule has 0 spiro atoms. The summed E-state index contributed by atoms with van der Waals surface area (Å²) in [6.45, 7) is 3.97. The van der Waals surface area contributed by atoms with Crippen LogP contribution in [-0.2, 0) is 0 Å². The second kappa shape index (κ2) is 6.36. The number of hydrogen-bond acceptors (Lipinski definition) is 3. The molecule has 1 aromatic carbocycles. The molecule has 0 bridgehead atoms. The molecule has 1 aliphatic heterocycles. The molecule has 0 atom stereocenters. The van der Waals surface area contributed by atoms with E-state index < -0.39 is 0 Å². The summed E-state index contributed by atoms with van der Waals surface area (Å²) in [5, 5.41) is 0.557. The Hall–Kier alpha value is -0.840. The van der Waals surface area contributed by atoms with Gasteiger partial charge in [-0.25, -0.2) is 0 Å². The Labute approximate surface area is 118 Å². The second-order valence-corrected chi connectivity index (χ2v) is 5.25. The van der Waals surface area contributed by atoms with Gasteiger partial charge in [-0.05, 0) is 44.1 Å². The molecule has 1 heterocycles. The van der Waals surface area contributed by atoms with E-state index in [1.54, 1.807) is 6.07 Å². The van der Waals surface area contributed by atoms with Gasteiger partial charge < -0.3 is 10.5 Å². The van der Waals surface area contributed by atoms with Crippen LogP contribution in [0.4, 0.5) is 0 Å². The molecule has 2 N–H and O–H groups in total. The fourth-order valence-electron chi connectivity index (χ4n) is 2.06. The predicted octanol–water partition coefficient (Wildman–Crippen LogP) is 2.45. The van der Waals surface area contributed by atoms with Gasteiger partial charge >= 0.3 is 0 Å². The van der Waals surface area contributed by atoms with Crippen LogP contribution in [0.15, 0.2) is 18.2 Å². The molecule has 98 valence electrons. The van der Waals surface area contributed by atoms with Crippen LogP contribution >= 0.6 is 23.8 Å². The first-order valence-corrected chi connectivity index (χ1v) is 6.90. The molecule has 3 nitrogen and oxygen atoms in total. The number of thiocarbonyl (C=S) groups is 1. The van der Waals surface area contributed by atoms with Crippen molar-refractivity contribution in [3.05, 3.63) is 28.8 Å². The van der Waals surface area contributed by atoms with Crippen molar-refractivity contribution in [1.29, 1.82) is 0 Å².